The van der Waals surface area contributed by atoms with Crippen LogP contribution in [0, 0.1) is 11.8 Å². The number of allylic oxidation sites excluding steroid dienone is 1. The normalized spacial score (nSPS) is 23.1. The molecule has 200 valence electrons. The Balaban J connectivity index is 1.39. The zero-order valence-corrected chi connectivity index (χ0v) is 21.5. The lowest BCUT2D eigenvalue weighted by atomic mass is 9.73. The third-order valence-electron chi connectivity index (χ3n) is 7.04. The summed E-state index contributed by atoms with van der Waals surface area (Å²) in [6.07, 6.45) is 5.37. The second-order valence-electron chi connectivity index (χ2n) is 9.25. The first-order valence-corrected chi connectivity index (χ1v) is 14.0. The number of aliphatic hydroxyl groups excluding tert-OH is 1. The Kier molecular flexibility index (Phi) is 9.24. The quantitative estimate of drug-likeness (QED) is 0.464. The summed E-state index contributed by atoms with van der Waals surface area (Å²) in [4.78, 5) is 14.9. The number of aliphatic hydroxyl groups is 1. The van der Waals surface area contributed by atoms with Gasteiger partial charge in [0.05, 0.1) is 38.4 Å². The highest BCUT2D eigenvalue weighted by Crippen LogP contribution is 2.40. The van der Waals surface area contributed by atoms with E-state index >= 15 is 0 Å². The predicted molar refractivity (Wildman–Crippen MR) is 131 cm³/mol. The summed E-state index contributed by atoms with van der Waals surface area (Å²) >= 11 is 0. The van der Waals surface area contributed by atoms with Gasteiger partial charge in [-0.1, -0.05) is 6.42 Å². The average molecular weight is 525 g/mol. The fourth-order valence-electron chi connectivity index (χ4n) is 4.70. The molecule has 36 heavy (non-hydrogen) atoms. The van der Waals surface area contributed by atoms with Gasteiger partial charge in [0.2, 0.25) is 16.3 Å². The van der Waals surface area contributed by atoms with Crippen LogP contribution in [0.15, 0.2) is 41.0 Å². The van der Waals surface area contributed by atoms with Crippen molar-refractivity contribution in [1.82, 2.24) is 9.21 Å². The van der Waals surface area contributed by atoms with Gasteiger partial charge in [-0.05, 0) is 55.0 Å². The van der Waals surface area contributed by atoms with Crippen molar-refractivity contribution in [3.05, 3.63) is 36.1 Å². The van der Waals surface area contributed by atoms with Crippen LogP contribution in [0.5, 0.6) is 5.75 Å². The lowest BCUT2D eigenvalue weighted by molar-refractivity contribution is -0.159. The molecule has 1 saturated carbocycles. The van der Waals surface area contributed by atoms with Crippen LogP contribution in [0.3, 0.4) is 0 Å². The van der Waals surface area contributed by atoms with Crippen LogP contribution in [-0.4, -0.2) is 94.6 Å². The van der Waals surface area contributed by atoms with Gasteiger partial charge < -0.3 is 29.0 Å². The summed E-state index contributed by atoms with van der Waals surface area (Å²) in [6.45, 7) is 1.80. The number of morpholine rings is 1. The Morgan fingerprint density at radius 3 is 2.50 bits per heavy atom. The van der Waals surface area contributed by atoms with E-state index in [1.165, 1.54) is 30.0 Å². The Labute approximate surface area is 212 Å². The first kappa shape index (κ1) is 26.9. The molecule has 0 spiro atoms. The summed E-state index contributed by atoms with van der Waals surface area (Å²) in [5.41, 5.74) is 0. The van der Waals surface area contributed by atoms with E-state index in [-0.39, 0.29) is 43.0 Å². The number of ether oxygens (including phenoxy) is 4. The van der Waals surface area contributed by atoms with Crippen LogP contribution in [0.25, 0.3) is 0 Å². The predicted octanol–water partition coefficient (Wildman–Crippen LogP) is 1.60. The summed E-state index contributed by atoms with van der Waals surface area (Å²) in [6, 6.07) is 6.11. The molecule has 3 aliphatic rings. The second-order valence-corrected chi connectivity index (χ2v) is 11.2. The number of hydrogen-bond donors (Lipinski definition) is 1. The molecule has 2 fully saturated rings. The molecule has 1 aromatic rings. The van der Waals surface area contributed by atoms with Gasteiger partial charge in [-0.3, -0.25) is 4.79 Å². The highest BCUT2D eigenvalue weighted by Gasteiger charge is 2.36. The van der Waals surface area contributed by atoms with E-state index in [0.29, 0.717) is 50.2 Å². The lowest BCUT2D eigenvalue weighted by Gasteiger charge is -2.38. The molecule has 0 unspecified atom stereocenters. The highest BCUT2D eigenvalue weighted by molar-refractivity contribution is 7.89. The summed E-state index contributed by atoms with van der Waals surface area (Å²) in [5, 5.41) is 9.48. The third kappa shape index (κ3) is 6.38. The third-order valence-corrected chi connectivity index (χ3v) is 8.96. The van der Waals surface area contributed by atoms with E-state index < -0.39 is 16.3 Å². The molecule has 1 N–H and O–H groups in total. The van der Waals surface area contributed by atoms with Crippen molar-refractivity contribution < 1.29 is 37.3 Å². The van der Waals surface area contributed by atoms with Gasteiger partial charge >= 0.3 is 0 Å². The number of carbonyl (C=O) groups excluding carboxylic acids is 1. The van der Waals surface area contributed by atoms with Crippen LogP contribution in [0.4, 0.5) is 0 Å². The van der Waals surface area contributed by atoms with Crippen molar-refractivity contribution in [2.75, 3.05) is 59.7 Å². The maximum atomic E-state index is 13.1. The molecule has 2 atom stereocenters. The van der Waals surface area contributed by atoms with E-state index in [0.717, 1.165) is 12.8 Å². The Morgan fingerprint density at radius 2 is 1.89 bits per heavy atom. The van der Waals surface area contributed by atoms with Crippen LogP contribution in [-0.2, 0) is 29.0 Å². The number of methoxy groups -OCH3 is 1. The number of sulfonamides is 1. The summed E-state index contributed by atoms with van der Waals surface area (Å²) < 4.78 is 49.8. The lowest BCUT2D eigenvalue weighted by Crippen LogP contribution is -2.44. The zero-order chi connectivity index (χ0) is 25.5. The van der Waals surface area contributed by atoms with Gasteiger partial charge in [-0.2, -0.15) is 4.31 Å². The molecule has 1 aliphatic carbocycles. The minimum absolute atomic E-state index is 0.0410. The number of rotatable bonds is 11. The second kappa shape index (κ2) is 12.4. The van der Waals surface area contributed by atoms with Crippen molar-refractivity contribution in [2.24, 2.45) is 11.8 Å². The van der Waals surface area contributed by atoms with Gasteiger partial charge in [0.15, 0.2) is 5.76 Å². The number of nitrogens with zero attached hydrogens (tertiary/aromatic N) is 2. The molecule has 0 bridgehead atoms. The number of hydrogen-bond acceptors (Lipinski definition) is 8. The van der Waals surface area contributed by atoms with Crippen LogP contribution in [0.2, 0.25) is 0 Å². The van der Waals surface area contributed by atoms with Gasteiger partial charge in [0.25, 0.3) is 5.91 Å². The van der Waals surface area contributed by atoms with E-state index in [1.54, 1.807) is 17.0 Å². The summed E-state index contributed by atoms with van der Waals surface area (Å²) in [7, 11) is -2.33. The minimum atomic E-state index is -3.84. The Morgan fingerprint density at radius 1 is 1.17 bits per heavy atom. The highest BCUT2D eigenvalue weighted by atomic mass is 32.2. The molecule has 0 aromatic heterocycles. The SMILES string of the molecule is COc1ccc(S(=O)(=O)N(CCO)CCO[C@H]2C[C@@H](C3CCC3)C=C(C(=O)N3CCOCC3)O2)cc1. The smallest absolute Gasteiger partial charge is 0.288 e. The fraction of sp³-hybridized carbons (Fsp3) is 0.640. The number of amides is 1. The van der Waals surface area contributed by atoms with Crippen molar-refractivity contribution in [3.8, 4) is 5.75 Å². The largest absolute Gasteiger partial charge is 0.497 e. The minimum Gasteiger partial charge on any atom is -0.497 e. The molecule has 2 heterocycles. The first-order valence-electron chi connectivity index (χ1n) is 12.5. The zero-order valence-electron chi connectivity index (χ0n) is 20.7. The average Bonchev–Trinajstić information content (AvgIpc) is 2.87. The van der Waals surface area contributed by atoms with E-state index in [4.69, 9.17) is 18.9 Å². The van der Waals surface area contributed by atoms with E-state index in [2.05, 4.69) is 0 Å². The molecule has 1 amide bonds. The van der Waals surface area contributed by atoms with Crippen LogP contribution >= 0.6 is 0 Å². The monoisotopic (exact) mass is 524 g/mol. The molecule has 1 saturated heterocycles. The first-order chi connectivity index (χ1) is 17.4. The van der Waals surface area contributed by atoms with Gasteiger partial charge in [-0.25, -0.2) is 8.42 Å². The van der Waals surface area contributed by atoms with Gasteiger partial charge in [0, 0.05) is 32.6 Å². The maximum Gasteiger partial charge on any atom is 0.288 e. The number of benzene rings is 1. The molecular formula is C25H36N2O8S. The molecule has 4 rings (SSSR count). The Bertz CT molecular complexity index is 1000. The van der Waals surface area contributed by atoms with E-state index in [1.807, 2.05) is 6.08 Å². The maximum absolute atomic E-state index is 13.1. The molecule has 1 aromatic carbocycles. The molecule has 0 radical (unpaired) electrons. The van der Waals surface area contributed by atoms with Gasteiger partial charge in [-0.15, -0.1) is 0 Å². The number of carbonyl (C=O) groups is 1. The molecule has 11 heteroatoms. The topological polar surface area (TPSA) is 115 Å². The van der Waals surface area contributed by atoms with Crippen molar-refractivity contribution in [2.45, 2.75) is 36.9 Å². The van der Waals surface area contributed by atoms with Crippen LogP contribution in [0.1, 0.15) is 25.7 Å². The standard InChI is InChI=1S/C25H36N2O8S/c1-32-21-5-7-22(8-6-21)36(30,31)27(9-13-28)12-16-34-24-18-20(19-3-2-4-19)17-23(35-24)25(29)26-10-14-33-15-11-26/h5-8,17,19-20,24,28H,2-4,9-16,18H2,1H3/t20-,24+/m0/s1. The molecule has 2 aliphatic heterocycles. The summed E-state index contributed by atoms with van der Waals surface area (Å²) in [5.74, 6) is 1.41. The van der Waals surface area contributed by atoms with Crippen molar-refractivity contribution in [3.63, 3.8) is 0 Å². The van der Waals surface area contributed by atoms with Gasteiger partial charge in [0.1, 0.15) is 5.75 Å². The van der Waals surface area contributed by atoms with Crippen molar-refractivity contribution >= 4 is 15.9 Å². The Hall–Kier alpha value is -2.18. The molecular weight excluding hydrogens is 488 g/mol. The molecule has 10 nitrogen and oxygen atoms in total. The van der Waals surface area contributed by atoms with Crippen molar-refractivity contribution in [1.29, 1.82) is 0 Å². The van der Waals surface area contributed by atoms with E-state index in [9.17, 15) is 18.3 Å². The fourth-order valence-corrected chi connectivity index (χ4v) is 6.12. The van der Waals surface area contributed by atoms with Crippen LogP contribution < -0.4 is 4.74 Å².